The molecule has 1 saturated heterocycles. The molecule has 3 N–H and O–H groups in total. The smallest absolute Gasteiger partial charge is 0.335 e. The summed E-state index contributed by atoms with van der Waals surface area (Å²) in [6.45, 7) is 6.81. The molecule has 0 aliphatic carbocycles. The van der Waals surface area contributed by atoms with Gasteiger partial charge in [-0.3, -0.25) is 4.79 Å². The van der Waals surface area contributed by atoms with Crippen molar-refractivity contribution in [2.45, 2.75) is 45.6 Å². The van der Waals surface area contributed by atoms with Gasteiger partial charge in [0.1, 0.15) is 6.04 Å². The molecule has 4 rings (SSSR count). The van der Waals surface area contributed by atoms with Crippen molar-refractivity contribution in [3.05, 3.63) is 83.9 Å². The topological polar surface area (TPSA) is 98.7 Å². The number of aromatic carboxylic acids is 1. The Balaban J connectivity index is 1.43. The minimum Gasteiger partial charge on any atom is -0.478 e. The lowest BCUT2D eigenvalue weighted by Crippen LogP contribution is -2.47. The second-order valence-electron chi connectivity index (χ2n) is 9.75. The number of carbonyl (C=O) groups excluding carboxylic acids is 2. The number of rotatable bonds is 7. The van der Waals surface area contributed by atoms with Crippen LogP contribution < -0.4 is 10.6 Å². The molecule has 1 aliphatic heterocycles. The monoisotopic (exact) mass is 499 g/mol. The number of carbonyl (C=O) groups is 3. The van der Waals surface area contributed by atoms with Crippen molar-refractivity contribution >= 4 is 29.3 Å². The molecule has 0 bridgehead atoms. The summed E-state index contributed by atoms with van der Waals surface area (Å²) in [6.07, 6.45) is 1.58. The molecule has 1 fully saturated rings. The Kier molecular flexibility index (Phi) is 7.92. The largest absolute Gasteiger partial charge is 0.478 e. The molecule has 37 heavy (non-hydrogen) atoms. The molecule has 7 nitrogen and oxygen atoms in total. The van der Waals surface area contributed by atoms with Gasteiger partial charge in [-0.15, -0.1) is 0 Å². The van der Waals surface area contributed by atoms with E-state index in [0.29, 0.717) is 23.8 Å². The van der Waals surface area contributed by atoms with Crippen LogP contribution in [-0.2, 0) is 4.79 Å². The van der Waals surface area contributed by atoms with Crippen LogP contribution >= 0.6 is 0 Å². The molecule has 0 aromatic heterocycles. The van der Waals surface area contributed by atoms with Crippen molar-refractivity contribution in [1.29, 1.82) is 0 Å². The molecule has 2 atom stereocenters. The highest BCUT2D eigenvalue weighted by molar-refractivity contribution is 6.00. The van der Waals surface area contributed by atoms with Crippen molar-refractivity contribution in [3.8, 4) is 11.1 Å². The number of hydrogen-bond donors (Lipinski definition) is 3. The third kappa shape index (κ3) is 6.00. The van der Waals surface area contributed by atoms with Gasteiger partial charge in [-0.2, -0.15) is 0 Å². The number of carboxylic acids is 1. The Bertz CT molecular complexity index is 1250. The van der Waals surface area contributed by atoms with Gasteiger partial charge in [0.25, 0.3) is 0 Å². The van der Waals surface area contributed by atoms with Crippen molar-refractivity contribution in [1.82, 2.24) is 4.90 Å². The molecule has 192 valence electrons. The molecule has 1 aliphatic rings. The number of anilines is 2. The van der Waals surface area contributed by atoms with Crippen LogP contribution in [0.1, 0.15) is 55.5 Å². The van der Waals surface area contributed by atoms with E-state index in [4.69, 9.17) is 5.11 Å². The van der Waals surface area contributed by atoms with E-state index < -0.39 is 12.0 Å². The SMILES string of the molecule is CC[C@@H]1CCN(C(=O)Nc2ccc(C(C)C)cc2)[C@H]1C(=O)Nc1ccc(-c2ccc(C(=O)O)cc2)cc1. The predicted octanol–water partition coefficient (Wildman–Crippen LogP) is 6.45. The fourth-order valence-corrected chi connectivity index (χ4v) is 4.78. The van der Waals surface area contributed by atoms with E-state index in [2.05, 4.69) is 24.5 Å². The van der Waals surface area contributed by atoms with E-state index >= 15 is 0 Å². The maximum atomic E-state index is 13.3. The summed E-state index contributed by atoms with van der Waals surface area (Å²) in [5.74, 6) is -0.670. The maximum absolute atomic E-state index is 13.3. The first-order valence-electron chi connectivity index (χ1n) is 12.7. The lowest BCUT2D eigenvalue weighted by Gasteiger charge is -2.27. The average molecular weight is 500 g/mol. The fourth-order valence-electron chi connectivity index (χ4n) is 4.78. The number of nitrogens with zero attached hydrogens (tertiary/aromatic N) is 1. The molecule has 0 radical (unpaired) electrons. The molecule has 3 amide bonds. The van der Waals surface area contributed by atoms with Crippen LogP contribution in [0.4, 0.5) is 16.2 Å². The Labute approximate surface area is 217 Å². The molecule has 0 unspecified atom stereocenters. The molecular formula is C30H33N3O4. The number of likely N-dealkylation sites (tertiary alicyclic amines) is 1. The van der Waals surface area contributed by atoms with Crippen LogP contribution in [-0.4, -0.2) is 40.5 Å². The lowest BCUT2D eigenvalue weighted by atomic mass is 9.96. The normalized spacial score (nSPS) is 17.0. The van der Waals surface area contributed by atoms with Gasteiger partial charge in [0, 0.05) is 17.9 Å². The zero-order valence-electron chi connectivity index (χ0n) is 21.4. The van der Waals surface area contributed by atoms with Crippen molar-refractivity contribution in [2.24, 2.45) is 5.92 Å². The van der Waals surface area contributed by atoms with Gasteiger partial charge in [-0.1, -0.05) is 63.6 Å². The second-order valence-corrected chi connectivity index (χ2v) is 9.75. The summed E-state index contributed by atoms with van der Waals surface area (Å²) in [5.41, 5.74) is 4.57. The van der Waals surface area contributed by atoms with Gasteiger partial charge in [0.05, 0.1) is 5.56 Å². The number of nitrogens with one attached hydrogen (secondary N) is 2. The van der Waals surface area contributed by atoms with Crippen molar-refractivity contribution in [2.75, 3.05) is 17.2 Å². The molecule has 0 saturated carbocycles. The molecule has 3 aromatic carbocycles. The second kappa shape index (κ2) is 11.3. The summed E-state index contributed by atoms with van der Waals surface area (Å²) in [6, 6.07) is 21.0. The third-order valence-corrected chi connectivity index (χ3v) is 7.02. The molecule has 7 heteroatoms. The molecule has 3 aromatic rings. The number of carboxylic acid groups (broad SMARTS) is 1. The first kappa shape index (κ1) is 25.9. The average Bonchev–Trinajstić information content (AvgIpc) is 3.34. The minimum absolute atomic E-state index is 0.0843. The first-order chi connectivity index (χ1) is 17.8. The standard InChI is InChI=1S/C30H33N3O4/c1-4-20-17-18-33(30(37)32-26-13-9-21(10-14-26)19(2)3)27(20)28(34)31-25-15-11-23(12-16-25)22-5-7-24(8-6-22)29(35)36/h5-16,19-20,27H,4,17-18H2,1-3H3,(H,31,34)(H,32,37)(H,35,36)/t20-,27-/m1/s1. The lowest BCUT2D eigenvalue weighted by molar-refractivity contribution is -0.120. The number of benzene rings is 3. The summed E-state index contributed by atoms with van der Waals surface area (Å²) < 4.78 is 0. The summed E-state index contributed by atoms with van der Waals surface area (Å²) in [5, 5.41) is 15.0. The predicted molar refractivity (Wildman–Crippen MR) is 146 cm³/mol. The van der Waals surface area contributed by atoms with Crippen molar-refractivity contribution < 1.29 is 19.5 Å². The van der Waals surface area contributed by atoms with E-state index in [9.17, 15) is 14.4 Å². The first-order valence-corrected chi connectivity index (χ1v) is 12.7. The maximum Gasteiger partial charge on any atom is 0.335 e. The fraction of sp³-hybridized carbons (Fsp3) is 0.300. The van der Waals surface area contributed by atoms with Gasteiger partial charge in [-0.25, -0.2) is 9.59 Å². The summed E-state index contributed by atoms with van der Waals surface area (Å²) >= 11 is 0. The highest BCUT2D eigenvalue weighted by Crippen LogP contribution is 2.30. The van der Waals surface area contributed by atoms with E-state index in [-0.39, 0.29) is 23.4 Å². The Morgan fingerprint density at radius 3 is 1.95 bits per heavy atom. The quantitative estimate of drug-likeness (QED) is 0.348. The van der Waals surface area contributed by atoms with E-state index in [1.165, 1.54) is 5.56 Å². The molecule has 0 spiro atoms. The minimum atomic E-state index is -0.964. The van der Waals surface area contributed by atoms with Gasteiger partial charge >= 0.3 is 12.0 Å². The summed E-state index contributed by atoms with van der Waals surface area (Å²) in [7, 11) is 0. The zero-order chi connectivity index (χ0) is 26.5. The van der Waals surface area contributed by atoms with Crippen LogP contribution in [0.3, 0.4) is 0 Å². The Morgan fingerprint density at radius 1 is 0.865 bits per heavy atom. The van der Waals surface area contributed by atoms with Gasteiger partial charge in [0.2, 0.25) is 5.91 Å². The van der Waals surface area contributed by atoms with E-state index in [1.54, 1.807) is 29.2 Å². The van der Waals surface area contributed by atoms with Crippen molar-refractivity contribution in [3.63, 3.8) is 0 Å². The number of urea groups is 1. The van der Waals surface area contributed by atoms with Crippen LogP contribution in [0.15, 0.2) is 72.8 Å². The van der Waals surface area contributed by atoms with E-state index in [1.807, 2.05) is 55.5 Å². The van der Waals surface area contributed by atoms with Crippen LogP contribution in [0.5, 0.6) is 0 Å². The molecule has 1 heterocycles. The van der Waals surface area contributed by atoms with Gasteiger partial charge < -0.3 is 20.6 Å². The van der Waals surface area contributed by atoms with Crippen LogP contribution in [0.25, 0.3) is 11.1 Å². The number of hydrogen-bond acceptors (Lipinski definition) is 3. The Morgan fingerprint density at radius 2 is 1.41 bits per heavy atom. The number of amides is 3. The van der Waals surface area contributed by atoms with Gasteiger partial charge in [0.15, 0.2) is 0 Å². The molecular weight excluding hydrogens is 466 g/mol. The third-order valence-electron chi connectivity index (χ3n) is 7.02. The highest BCUT2D eigenvalue weighted by Gasteiger charge is 2.41. The van der Waals surface area contributed by atoms with Crippen LogP contribution in [0, 0.1) is 5.92 Å². The van der Waals surface area contributed by atoms with Crippen LogP contribution in [0.2, 0.25) is 0 Å². The van der Waals surface area contributed by atoms with E-state index in [0.717, 1.165) is 24.0 Å². The zero-order valence-corrected chi connectivity index (χ0v) is 21.4. The Hall–Kier alpha value is -4.13. The highest BCUT2D eigenvalue weighted by atomic mass is 16.4. The van der Waals surface area contributed by atoms with Gasteiger partial charge in [-0.05, 0) is 71.3 Å². The summed E-state index contributed by atoms with van der Waals surface area (Å²) in [4.78, 5) is 39.2.